The highest BCUT2D eigenvalue weighted by Crippen LogP contribution is 2.37. The molecule has 0 aliphatic carbocycles. The number of hydrogen-bond acceptors (Lipinski definition) is 5. The fourth-order valence-electron chi connectivity index (χ4n) is 3.94. The number of hydrogen-bond donors (Lipinski definition) is 1. The lowest BCUT2D eigenvalue weighted by Gasteiger charge is -2.26. The summed E-state index contributed by atoms with van der Waals surface area (Å²) in [6.07, 6.45) is 4.73. The summed E-state index contributed by atoms with van der Waals surface area (Å²) in [5, 5.41) is 12.6. The zero-order chi connectivity index (χ0) is 18.5. The van der Waals surface area contributed by atoms with Crippen LogP contribution in [0.15, 0.2) is 32.8 Å². The van der Waals surface area contributed by atoms with Gasteiger partial charge in [0.25, 0.3) is 0 Å². The molecule has 1 saturated heterocycles. The SMILES string of the molecule is CCC(CC1CCOCC1)c1cc(O)c(C(CC)c2cccs2)c(=O)o1. The van der Waals surface area contributed by atoms with Crippen molar-refractivity contribution in [2.24, 2.45) is 5.92 Å². The van der Waals surface area contributed by atoms with Gasteiger partial charge in [-0.15, -0.1) is 11.3 Å². The Balaban J connectivity index is 1.86. The van der Waals surface area contributed by atoms with Gasteiger partial charge < -0.3 is 14.3 Å². The first-order valence-corrected chi connectivity index (χ1v) is 10.5. The number of ether oxygens (including phenoxy) is 1. The van der Waals surface area contributed by atoms with E-state index in [0.29, 0.717) is 17.2 Å². The van der Waals surface area contributed by atoms with E-state index in [1.165, 1.54) is 0 Å². The molecule has 1 fully saturated rings. The van der Waals surface area contributed by atoms with E-state index in [9.17, 15) is 9.90 Å². The fraction of sp³-hybridized carbons (Fsp3) is 0.571. The van der Waals surface area contributed by atoms with Gasteiger partial charge in [0, 0.05) is 36.0 Å². The van der Waals surface area contributed by atoms with Crippen LogP contribution in [0.4, 0.5) is 0 Å². The maximum Gasteiger partial charge on any atom is 0.343 e. The van der Waals surface area contributed by atoms with Crippen LogP contribution in [-0.2, 0) is 4.74 Å². The predicted molar refractivity (Wildman–Crippen MR) is 104 cm³/mol. The Morgan fingerprint density at radius 3 is 2.62 bits per heavy atom. The largest absolute Gasteiger partial charge is 0.507 e. The zero-order valence-electron chi connectivity index (χ0n) is 15.6. The fourth-order valence-corrected chi connectivity index (χ4v) is 4.86. The molecule has 4 nitrogen and oxygen atoms in total. The van der Waals surface area contributed by atoms with E-state index in [0.717, 1.165) is 50.2 Å². The van der Waals surface area contributed by atoms with Crippen LogP contribution in [0.3, 0.4) is 0 Å². The third-order valence-electron chi connectivity index (χ3n) is 5.48. The van der Waals surface area contributed by atoms with Gasteiger partial charge in [0.1, 0.15) is 11.5 Å². The molecular formula is C21H28O4S. The molecular weight excluding hydrogens is 348 g/mol. The van der Waals surface area contributed by atoms with Crippen molar-refractivity contribution < 1.29 is 14.3 Å². The molecule has 5 heteroatoms. The van der Waals surface area contributed by atoms with Crippen LogP contribution in [-0.4, -0.2) is 18.3 Å². The van der Waals surface area contributed by atoms with Crippen LogP contribution in [0, 0.1) is 5.92 Å². The molecule has 1 N–H and O–H groups in total. The molecule has 2 atom stereocenters. The molecule has 2 aromatic rings. The molecule has 0 amide bonds. The quantitative estimate of drug-likeness (QED) is 0.716. The molecule has 26 heavy (non-hydrogen) atoms. The number of aromatic hydroxyl groups is 1. The van der Waals surface area contributed by atoms with Crippen molar-refractivity contribution in [1.82, 2.24) is 0 Å². The average molecular weight is 377 g/mol. The van der Waals surface area contributed by atoms with Gasteiger partial charge in [0.2, 0.25) is 0 Å². The van der Waals surface area contributed by atoms with Gasteiger partial charge in [-0.1, -0.05) is 19.9 Å². The number of rotatable bonds is 7. The van der Waals surface area contributed by atoms with E-state index < -0.39 is 5.63 Å². The van der Waals surface area contributed by atoms with Crippen molar-refractivity contribution in [2.45, 2.75) is 57.8 Å². The Labute approximate surface area is 158 Å². The van der Waals surface area contributed by atoms with Crippen LogP contribution >= 0.6 is 11.3 Å². The molecule has 3 rings (SSSR count). The van der Waals surface area contributed by atoms with Crippen molar-refractivity contribution in [3.63, 3.8) is 0 Å². The van der Waals surface area contributed by atoms with Crippen LogP contribution in [0.5, 0.6) is 5.75 Å². The van der Waals surface area contributed by atoms with E-state index in [-0.39, 0.29) is 17.6 Å². The second-order valence-corrected chi connectivity index (χ2v) is 8.09. The van der Waals surface area contributed by atoms with E-state index in [4.69, 9.17) is 9.15 Å². The van der Waals surface area contributed by atoms with Crippen molar-refractivity contribution in [2.75, 3.05) is 13.2 Å². The standard InChI is InChI=1S/C21H28O4S/c1-3-15(12-14-7-9-24-10-8-14)18-13-17(22)20(21(23)25-18)16(4-2)19-6-5-11-26-19/h5-6,11,13-16,22H,3-4,7-10,12H2,1-2H3. The minimum Gasteiger partial charge on any atom is -0.507 e. The van der Waals surface area contributed by atoms with Gasteiger partial charge in [-0.2, -0.15) is 0 Å². The van der Waals surface area contributed by atoms with Crippen LogP contribution in [0.2, 0.25) is 0 Å². The third kappa shape index (κ3) is 4.21. The van der Waals surface area contributed by atoms with Gasteiger partial charge in [0.05, 0.1) is 5.56 Å². The molecule has 0 bridgehead atoms. The second kappa shape index (κ2) is 8.87. The van der Waals surface area contributed by atoms with E-state index >= 15 is 0 Å². The maximum absolute atomic E-state index is 12.7. The summed E-state index contributed by atoms with van der Waals surface area (Å²) in [4.78, 5) is 13.8. The Morgan fingerprint density at radius 2 is 2.04 bits per heavy atom. The summed E-state index contributed by atoms with van der Waals surface area (Å²) >= 11 is 1.60. The van der Waals surface area contributed by atoms with Gasteiger partial charge in [-0.25, -0.2) is 4.79 Å². The molecule has 1 aliphatic heterocycles. The molecule has 0 radical (unpaired) electrons. The number of thiophene rings is 1. The third-order valence-corrected chi connectivity index (χ3v) is 6.47. The Hall–Kier alpha value is -1.59. The van der Waals surface area contributed by atoms with Crippen molar-refractivity contribution in [1.29, 1.82) is 0 Å². The summed E-state index contributed by atoms with van der Waals surface area (Å²) in [5.41, 5.74) is -0.00898. The van der Waals surface area contributed by atoms with Gasteiger partial charge in [-0.3, -0.25) is 0 Å². The molecule has 0 saturated carbocycles. The minimum atomic E-state index is -0.398. The monoisotopic (exact) mass is 376 g/mol. The van der Waals surface area contributed by atoms with Crippen LogP contribution in [0.1, 0.15) is 74.0 Å². The topological polar surface area (TPSA) is 59.7 Å². The zero-order valence-corrected chi connectivity index (χ0v) is 16.4. The Bertz CT molecular complexity index is 744. The minimum absolute atomic E-state index is 0.0712. The lowest BCUT2D eigenvalue weighted by molar-refractivity contribution is 0.0606. The van der Waals surface area contributed by atoms with E-state index in [1.807, 2.05) is 24.4 Å². The molecule has 0 spiro atoms. The van der Waals surface area contributed by atoms with Gasteiger partial charge >= 0.3 is 5.63 Å². The van der Waals surface area contributed by atoms with Gasteiger partial charge in [-0.05, 0) is 49.5 Å². The first-order valence-electron chi connectivity index (χ1n) is 9.62. The molecule has 142 valence electrons. The van der Waals surface area contributed by atoms with Gasteiger partial charge in [0.15, 0.2) is 0 Å². The first kappa shape index (κ1) is 19.2. The highest BCUT2D eigenvalue weighted by Gasteiger charge is 2.26. The van der Waals surface area contributed by atoms with Crippen LogP contribution in [0.25, 0.3) is 0 Å². The average Bonchev–Trinajstić information content (AvgIpc) is 3.17. The maximum atomic E-state index is 12.7. The lowest BCUT2D eigenvalue weighted by Crippen LogP contribution is -2.19. The Kier molecular flexibility index (Phi) is 6.54. The summed E-state index contributed by atoms with van der Waals surface area (Å²) in [6, 6.07) is 5.66. The smallest absolute Gasteiger partial charge is 0.343 e. The van der Waals surface area contributed by atoms with Crippen molar-refractivity contribution >= 4 is 11.3 Å². The highest BCUT2D eigenvalue weighted by atomic mass is 32.1. The van der Waals surface area contributed by atoms with Crippen molar-refractivity contribution in [3.8, 4) is 5.75 Å². The summed E-state index contributed by atoms with van der Waals surface area (Å²) < 4.78 is 11.2. The molecule has 1 aliphatic rings. The first-order chi connectivity index (χ1) is 12.6. The predicted octanol–water partition coefficient (Wildman–Crippen LogP) is 5.26. The highest BCUT2D eigenvalue weighted by molar-refractivity contribution is 7.10. The van der Waals surface area contributed by atoms with Crippen LogP contribution < -0.4 is 5.63 Å². The molecule has 2 aromatic heterocycles. The van der Waals surface area contributed by atoms with E-state index in [1.54, 1.807) is 17.4 Å². The molecule has 3 heterocycles. The molecule has 0 aromatic carbocycles. The van der Waals surface area contributed by atoms with E-state index in [2.05, 4.69) is 6.92 Å². The lowest BCUT2D eigenvalue weighted by atomic mass is 9.85. The Morgan fingerprint density at radius 1 is 1.27 bits per heavy atom. The summed E-state index contributed by atoms with van der Waals surface area (Å²) in [5.74, 6) is 1.33. The summed E-state index contributed by atoms with van der Waals surface area (Å²) in [7, 11) is 0. The molecule has 2 unspecified atom stereocenters. The second-order valence-electron chi connectivity index (χ2n) is 7.11. The van der Waals surface area contributed by atoms with Crippen molar-refractivity contribution in [3.05, 3.63) is 50.2 Å². The summed E-state index contributed by atoms with van der Waals surface area (Å²) in [6.45, 7) is 5.76. The normalized spacial score (nSPS) is 17.9.